The number of halogens is 1. The van der Waals surface area contributed by atoms with Crippen molar-refractivity contribution in [3.63, 3.8) is 0 Å². The minimum Gasteiger partial charge on any atom is -0.467 e. The predicted octanol–water partition coefficient (Wildman–Crippen LogP) is 3.17. The van der Waals surface area contributed by atoms with Crippen LogP contribution in [0.4, 0.5) is 5.82 Å². The Hall–Kier alpha value is -1.59. The maximum absolute atomic E-state index is 6.23. The molecule has 0 aromatic carbocycles. The number of aromatic nitrogens is 2. The second kappa shape index (κ2) is 6.03. The quantitative estimate of drug-likeness (QED) is 0.815. The van der Waals surface area contributed by atoms with Crippen LogP contribution in [0.15, 0.2) is 22.8 Å². The van der Waals surface area contributed by atoms with Crippen LogP contribution in [0.2, 0.25) is 5.15 Å². The van der Waals surface area contributed by atoms with Gasteiger partial charge < -0.3 is 14.1 Å². The average Bonchev–Trinajstić information content (AvgIpc) is 3.04. The highest BCUT2D eigenvalue weighted by atomic mass is 35.5. The van der Waals surface area contributed by atoms with Crippen molar-refractivity contribution in [1.29, 1.82) is 0 Å². The number of rotatable bonds is 3. The summed E-state index contributed by atoms with van der Waals surface area (Å²) in [7, 11) is 0. The topological polar surface area (TPSA) is 51.4 Å². The normalized spacial score (nSPS) is 19.0. The Kier molecular flexibility index (Phi) is 4.12. The van der Waals surface area contributed by atoms with Gasteiger partial charge in [0.15, 0.2) is 0 Å². The van der Waals surface area contributed by atoms with Crippen LogP contribution >= 0.6 is 11.6 Å². The molecule has 2 aromatic rings. The summed E-state index contributed by atoms with van der Waals surface area (Å²) in [5.74, 6) is 2.50. The zero-order valence-corrected chi connectivity index (χ0v) is 12.9. The molecule has 1 atom stereocenters. The van der Waals surface area contributed by atoms with Crippen LogP contribution in [0.5, 0.6) is 0 Å². The van der Waals surface area contributed by atoms with Crippen molar-refractivity contribution in [3.8, 4) is 0 Å². The Morgan fingerprint density at radius 2 is 2.29 bits per heavy atom. The van der Waals surface area contributed by atoms with Crippen LogP contribution in [0.25, 0.3) is 0 Å². The number of aryl methyl sites for hydroxylation is 1. The Bertz CT molecular complexity index is 616. The lowest BCUT2D eigenvalue weighted by Gasteiger charge is -2.33. The Morgan fingerprint density at radius 1 is 1.43 bits per heavy atom. The van der Waals surface area contributed by atoms with Crippen LogP contribution in [0.1, 0.15) is 30.2 Å². The first-order valence-electron chi connectivity index (χ1n) is 7.12. The van der Waals surface area contributed by atoms with Crippen molar-refractivity contribution < 1.29 is 9.15 Å². The maximum Gasteiger partial charge on any atom is 0.137 e. The van der Waals surface area contributed by atoms with E-state index >= 15 is 0 Å². The van der Waals surface area contributed by atoms with E-state index in [9.17, 15) is 0 Å². The molecular weight excluding hydrogens is 290 g/mol. The molecule has 0 saturated carbocycles. The summed E-state index contributed by atoms with van der Waals surface area (Å²) in [4.78, 5) is 11.1. The fourth-order valence-corrected chi connectivity index (χ4v) is 2.66. The molecule has 3 heterocycles. The highest BCUT2D eigenvalue weighted by Crippen LogP contribution is 2.29. The van der Waals surface area contributed by atoms with E-state index in [4.69, 9.17) is 20.8 Å². The zero-order chi connectivity index (χ0) is 14.8. The summed E-state index contributed by atoms with van der Waals surface area (Å²) >= 11 is 6.23. The van der Waals surface area contributed by atoms with Gasteiger partial charge in [0, 0.05) is 18.5 Å². The molecule has 6 heteroatoms. The summed E-state index contributed by atoms with van der Waals surface area (Å²) in [5.41, 5.74) is 0.911. The first-order valence-corrected chi connectivity index (χ1v) is 7.49. The van der Waals surface area contributed by atoms with Crippen molar-refractivity contribution >= 4 is 17.4 Å². The molecular formula is C15H18ClN3O2. The highest BCUT2D eigenvalue weighted by Gasteiger charge is 2.26. The van der Waals surface area contributed by atoms with Crippen LogP contribution in [-0.4, -0.2) is 29.7 Å². The molecule has 1 fully saturated rings. The third-order valence-corrected chi connectivity index (χ3v) is 4.02. The first kappa shape index (κ1) is 14.4. The molecule has 0 radical (unpaired) electrons. The molecule has 1 aliphatic heterocycles. The third-order valence-electron chi connectivity index (χ3n) is 3.65. The van der Waals surface area contributed by atoms with E-state index in [-0.39, 0.29) is 6.10 Å². The molecule has 1 unspecified atom stereocenters. The third kappa shape index (κ3) is 2.89. The predicted molar refractivity (Wildman–Crippen MR) is 80.8 cm³/mol. The van der Waals surface area contributed by atoms with Crippen molar-refractivity contribution in [3.05, 3.63) is 40.7 Å². The molecule has 0 amide bonds. The summed E-state index contributed by atoms with van der Waals surface area (Å²) in [6.07, 6.45) is 2.35. The molecule has 1 aliphatic rings. The van der Waals surface area contributed by atoms with E-state index in [1.54, 1.807) is 6.26 Å². The van der Waals surface area contributed by atoms with E-state index in [0.29, 0.717) is 18.3 Å². The molecule has 1 saturated heterocycles. The highest BCUT2D eigenvalue weighted by molar-refractivity contribution is 6.30. The van der Waals surface area contributed by atoms with E-state index in [1.807, 2.05) is 26.0 Å². The number of ether oxygens (including phenoxy) is 1. The van der Waals surface area contributed by atoms with Gasteiger partial charge in [0.2, 0.25) is 0 Å². The van der Waals surface area contributed by atoms with Gasteiger partial charge in [-0.25, -0.2) is 9.97 Å². The minimum atomic E-state index is -0.0769. The van der Waals surface area contributed by atoms with E-state index in [1.165, 1.54) is 0 Å². The average molecular weight is 308 g/mol. The summed E-state index contributed by atoms with van der Waals surface area (Å²) in [5, 5.41) is 0.526. The molecule has 2 aromatic heterocycles. The van der Waals surface area contributed by atoms with Crippen LogP contribution in [0.3, 0.4) is 0 Å². The van der Waals surface area contributed by atoms with Gasteiger partial charge >= 0.3 is 0 Å². The SMILES string of the molecule is CCc1nc(Cl)c(C)c(N2CCOC(c3ccco3)C2)n1. The minimum absolute atomic E-state index is 0.0769. The van der Waals surface area contributed by atoms with E-state index in [0.717, 1.165) is 35.9 Å². The Morgan fingerprint density at radius 3 is 3.00 bits per heavy atom. The fraction of sp³-hybridized carbons (Fsp3) is 0.467. The molecule has 3 rings (SSSR count). The number of hydrogen-bond acceptors (Lipinski definition) is 5. The number of furan rings is 1. The Labute approximate surface area is 128 Å². The lowest BCUT2D eigenvalue weighted by molar-refractivity contribution is 0.0254. The second-order valence-corrected chi connectivity index (χ2v) is 5.41. The van der Waals surface area contributed by atoms with Crippen molar-refractivity contribution in [2.24, 2.45) is 0 Å². The van der Waals surface area contributed by atoms with Gasteiger partial charge in [-0.1, -0.05) is 18.5 Å². The number of nitrogens with zero attached hydrogens (tertiary/aromatic N) is 3. The molecule has 0 aliphatic carbocycles. The van der Waals surface area contributed by atoms with E-state index in [2.05, 4.69) is 14.9 Å². The van der Waals surface area contributed by atoms with Gasteiger partial charge in [-0.3, -0.25) is 0 Å². The molecule has 0 spiro atoms. The number of hydrogen-bond donors (Lipinski definition) is 0. The summed E-state index contributed by atoms with van der Waals surface area (Å²) < 4.78 is 11.2. The van der Waals surface area contributed by atoms with Gasteiger partial charge in [0.05, 0.1) is 19.4 Å². The molecule has 0 bridgehead atoms. The van der Waals surface area contributed by atoms with Gasteiger partial charge in [0.1, 0.15) is 28.7 Å². The van der Waals surface area contributed by atoms with Crippen molar-refractivity contribution in [2.75, 3.05) is 24.6 Å². The maximum atomic E-state index is 6.23. The van der Waals surface area contributed by atoms with Crippen molar-refractivity contribution in [1.82, 2.24) is 9.97 Å². The van der Waals surface area contributed by atoms with Gasteiger partial charge in [0.25, 0.3) is 0 Å². The first-order chi connectivity index (χ1) is 10.2. The van der Waals surface area contributed by atoms with Crippen LogP contribution < -0.4 is 4.90 Å². The van der Waals surface area contributed by atoms with Gasteiger partial charge in [-0.05, 0) is 19.1 Å². The zero-order valence-electron chi connectivity index (χ0n) is 12.2. The Balaban J connectivity index is 1.88. The lowest BCUT2D eigenvalue weighted by Crippen LogP contribution is -2.39. The van der Waals surface area contributed by atoms with E-state index < -0.39 is 0 Å². The molecule has 112 valence electrons. The standard InChI is InChI=1S/C15H18ClN3O2/c1-3-13-17-14(16)10(2)15(18-13)19-6-8-21-12(9-19)11-5-4-7-20-11/h4-5,7,12H,3,6,8-9H2,1-2H3. The summed E-state index contributed by atoms with van der Waals surface area (Å²) in [6, 6.07) is 3.81. The second-order valence-electron chi connectivity index (χ2n) is 5.05. The van der Waals surface area contributed by atoms with Gasteiger partial charge in [-0.15, -0.1) is 0 Å². The van der Waals surface area contributed by atoms with Gasteiger partial charge in [-0.2, -0.15) is 0 Å². The number of anilines is 1. The smallest absolute Gasteiger partial charge is 0.137 e. The van der Waals surface area contributed by atoms with Crippen LogP contribution in [-0.2, 0) is 11.2 Å². The lowest BCUT2D eigenvalue weighted by atomic mass is 10.2. The monoisotopic (exact) mass is 307 g/mol. The summed E-state index contributed by atoms with van der Waals surface area (Å²) in [6.45, 7) is 6.09. The number of morpholine rings is 1. The molecule has 0 N–H and O–H groups in total. The molecule has 5 nitrogen and oxygen atoms in total. The van der Waals surface area contributed by atoms with Crippen molar-refractivity contribution in [2.45, 2.75) is 26.4 Å². The van der Waals surface area contributed by atoms with Crippen LogP contribution in [0, 0.1) is 6.92 Å². The fourth-order valence-electron chi connectivity index (χ4n) is 2.47. The molecule has 21 heavy (non-hydrogen) atoms. The largest absolute Gasteiger partial charge is 0.467 e.